The minimum Gasteiger partial charge on any atom is -0.293 e. The zero-order chi connectivity index (χ0) is 12.3. The Bertz CT molecular complexity index is 510. The second-order valence-electron chi connectivity index (χ2n) is 2.74. The third-order valence-electron chi connectivity index (χ3n) is 1.84. The van der Waals surface area contributed by atoms with Gasteiger partial charge in [-0.2, -0.15) is 5.26 Å². The summed E-state index contributed by atoms with van der Waals surface area (Å²) in [7, 11) is 0. The van der Waals surface area contributed by atoms with Crippen molar-refractivity contribution in [3.8, 4) is 6.07 Å². The topological polar surface area (TPSA) is 84.0 Å². The molecule has 0 bridgehead atoms. The first-order valence-corrected chi connectivity index (χ1v) is 6.19. The van der Waals surface area contributed by atoms with Gasteiger partial charge >= 0.3 is 0 Å². The highest BCUT2D eigenvalue weighted by Gasteiger charge is 2.25. The van der Waals surface area contributed by atoms with Gasteiger partial charge in [-0.15, -0.1) is 0 Å². The van der Waals surface area contributed by atoms with Gasteiger partial charge in [0.15, 0.2) is 5.78 Å². The molecule has 0 aliphatic rings. The fraction of sp³-hybridized carbons (Fsp3) is 0.111. The Morgan fingerprint density at radius 2 is 2.25 bits per heavy atom. The number of rotatable bonds is 3. The molecule has 82 valence electrons. The number of benzene rings is 1. The molecule has 5 nitrogen and oxygen atoms in total. The Morgan fingerprint density at radius 1 is 1.62 bits per heavy atom. The van der Waals surface area contributed by atoms with Crippen LogP contribution in [0.15, 0.2) is 12.1 Å². The van der Waals surface area contributed by atoms with Crippen LogP contribution < -0.4 is 0 Å². The lowest BCUT2D eigenvalue weighted by molar-refractivity contribution is -0.385. The van der Waals surface area contributed by atoms with E-state index in [1.165, 1.54) is 12.1 Å². The molecule has 7 heteroatoms. The number of hydrogen-bond acceptors (Lipinski definition) is 4. The van der Waals surface area contributed by atoms with E-state index < -0.39 is 10.7 Å². The van der Waals surface area contributed by atoms with Crippen molar-refractivity contribution in [3.05, 3.63) is 36.9 Å². The van der Waals surface area contributed by atoms with Crippen molar-refractivity contribution in [1.82, 2.24) is 0 Å². The highest BCUT2D eigenvalue weighted by Crippen LogP contribution is 2.27. The van der Waals surface area contributed by atoms with Gasteiger partial charge in [-0.3, -0.25) is 14.9 Å². The Balaban J connectivity index is 3.62. The third-order valence-corrected chi connectivity index (χ3v) is 3.25. The average molecular weight is 395 g/mol. The molecule has 1 rings (SSSR count). The van der Waals surface area contributed by atoms with E-state index in [0.717, 1.165) is 0 Å². The van der Waals surface area contributed by atoms with Gasteiger partial charge in [0.2, 0.25) is 0 Å². The number of carbonyl (C=O) groups excluding carboxylic acids is 1. The van der Waals surface area contributed by atoms with Crippen molar-refractivity contribution in [1.29, 1.82) is 5.26 Å². The molecule has 0 aliphatic heterocycles. The molecule has 0 unspecified atom stereocenters. The number of Topliss-reactive ketones (excluding diaryl/α,β-unsaturated/α-hetero) is 1. The summed E-state index contributed by atoms with van der Waals surface area (Å²) in [6.07, 6.45) is 0. The zero-order valence-corrected chi connectivity index (χ0v) is 11.5. The first kappa shape index (κ1) is 13.1. The average Bonchev–Trinajstić information content (AvgIpc) is 2.27. The second kappa shape index (κ2) is 5.36. The maximum atomic E-state index is 11.6. The van der Waals surface area contributed by atoms with Crippen LogP contribution in [0.4, 0.5) is 5.69 Å². The van der Waals surface area contributed by atoms with Gasteiger partial charge in [0, 0.05) is 9.64 Å². The van der Waals surface area contributed by atoms with Gasteiger partial charge in [-0.1, -0.05) is 15.9 Å². The number of hydrogen-bond donors (Lipinski definition) is 0. The molecule has 0 fully saturated rings. The zero-order valence-electron chi connectivity index (χ0n) is 7.74. The van der Waals surface area contributed by atoms with Gasteiger partial charge < -0.3 is 0 Å². The summed E-state index contributed by atoms with van der Waals surface area (Å²) in [5, 5.41) is 19.6. The van der Waals surface area contributed by atoms with Crippen LogP contribution in [0.2, 0.25) is 0 Å². The lowest BCUT2D eigenvalue weighted by atomic mass is 10.0. The van der Waals surface area contributed by atoms with Crippen molar-refractivity contribution < 1.29 is 9.72 Å². The highest BCUT2D eigenvalue weighted by atomic mass is 127. The van der Waals surface area contributed by atoms with Gasteiger partial charge in [-0.05, 0) is 28.7 Å². The Labute approximate surface area is 113 Å². The summed E-state index contributed by atoms with van der Waals surface area (Å²) in [6, 6.07) is 4.50. The van der Waals surface area contributed by atoms with Crippen LogP contribution in [0.3, 0.4) is 0 Å². The van der Waals surface area contributed by atoms with E-state index in [9.17, 15) is 14.9 Å². The Kier molecular flexibility index (Phi) is 4.37. The number of carbonyl (C=O) groups is 1. The van der Waals surface area contributed by atoms with Crippen molar-refractivity contribution in [2.45, 2.75) is 0 Å². The van der Waals surface area contributed by atoms with Gasteiger partial charge in [0.25, 0.3) is 5.69 Å². The number of alkyl halides is 1. The van der Waals surface area contributed by atoms with E-state index in [1.54, 1.807) is 0 Å². The standard InChI is InChI=1S/C9H4BrIN2O3/c10-3-8(14)9-5(4-12)6(11)1-2-7(9)13(15)16/h1-2H,3H2. The molecule has 1 aromatic rings. The summed E-state index contributed by atoms with van der Waals surface area (Å²) < 4.78 is 0.523. The largest absolute Gasteiger partial charge is 0.293 e. The minimum atomic E-state index is -0.660. The van der Waals surface area contributed by atoms with E-state index in [4.69, 9.17) is 5.26 Å². The normalized spacial score (nSPS) is 9.56. The van der Waals surface area contributed by atoms with E-state index in [0.29, 0.717) is 3.57 Å². The quantitative estimate of drug-likeness (QED) is 0.259. The highest BCUT2D eigenvalue weighted by molar-refractivity contribution is 14.1. The molecule has 0 amide bonds. The lowest BCUT2D eigenvalue weighted by Crippen LogP contribution is -2.09. The molecule has 0 spiro atoms. The predicted molar refractivity (Wildman–Crippen MR) is 68.7 cm³/mol. The SMILES string of the molecule is N#Cc1c(I)ccc([N+](=O)[O-])c1C(=O)CBr. The van der Waals surface area contributed by atoms with Crippen molar-refractivity contribution in [2.24, 2.45) is 0 Å². The summed E-state index contributed by atoms with van der Waals surface area (Å²) in [5.74, 6) is -0.471. The maximum Gasteiger partial charge on any atom is 0.281 e. The van der Waals surface area contributed by atoms with Crippen LogP contribution >= 0.6 is 38.5 Å². The molecule has 0 radical (unpaired) electrons. The monoisotopic (exact) mass is 394 g/mol. The van der Waals surface area contributed by atoms with Crippen LogP contribution in [-0.4, -0.2) is 16.0 Å². The first-order valence-electron chi connectivity index (χ1n) is 3.99. The molecule has 0 aromatic heterocycles. The fourth-order valence-electron chi connectivity index (χ4n) is 1.18. The van der Waals surface area contributed by atoms with Crippen molar-refractivity contribution in [3.63, 3.8) is 0 Å². The summed E-state index contributed by atoms with van der Waals surface area (Å²) in [5.41, 5.74) is -0.406. The van der Waals surface area contributed by atoms with E-state index in [2.05, 4.69) is 15.9 Å². The molecule has 0 aliphatic carbocycles. The van der Waals surface area contributed by atoms with Crippen molar-refractivity contribution >= 4 is 50.0 Å². The second-order valence-corrected chi connectivity index (χ2v) is 4.47. The minimum absolute atomic E-state index is 0.0530. The molecule has 0 heterocycles. The number of nitriles is 1. The predicted octanol–water partition coefficient (Wildman–Crippen LogP) is 2.65. The van der Waals surface area contributed by atoms with Gasteiger partial charge in [0.1, 0.15) is 11.6 Å². The molecule has 1 aromatic carbocycles. The van der Waals surface area contributed by atoms with E-state index in [1.807, 2.05) is 28.7 Å². The fourth-order valence-corrected chi connectivity index (χ4v) is 2.03. The number of nitro benzene ring substituents is 1. The molecule has 16 heavy (non-hydrogen) atoms. The summed E-state index contributed by atoms with van der Waals surface area (Å²) >= 11 is 4.80. The number of halogens is 2. The van der Waals surface area contributed by atoms with Crippen LogP contribution in [0.25, 0.3) is 0 Å². The molecular formula is C9H4BrIN2O3. The third kappa shape index (κ3) is 2.38. The van der Waals surface area contributed by atoms with Crippen LogP contribution in [0, 0.1) is 25.0 Å². The molecule has 0 saturated heterocycles. The van der Waals surface area contributed by atoms with Crippen LogP contribution in [0.5, 0.6) is 0 Å². The number of nitrogens with zero attached hydrogens (tertiary/aromatic N) is 2. The van der Waals surface area contributed by atoms with E-state index >= 15 is 0 Å². The maximum absolute atomic E-state index is 11.6. The van der Waals surface area contributed by atoms with E-state index in [-0.39, 0.29) is 22.1 Å². The van der Waals surface area contributed by atoms with Crippen molar-refractivity contribution in [2.75, 3.05) is 5.33 Å². The molecule has 0 atom stereocenters. The molecule has 0 saturated carbocycles. The number of ketones is 1. The Hall–Kier alpha value is -1.01. The Morgan fingerprint density at radius 3 is 2.69 bits per heavy atom. The number of nitro groups is 1. The smallest absolute Gasteiger partial charge is 0.281 e. The van der Waals surface area contributed by atoms with Crippen LogP contribution in [-0.2, 0) is 0 Å². The summed E-state index contributed by atoms with van der Waals surface area (Å²) in [6.45, 7) is 0. The molecule has 0 N–H and O–H groups in total. The van der Waals surface area contributed by atoms with Gasteiger partial charge in [0.05, 0.1) is 15.8 Å². The van der Waals surface area contributed by atoms with Gasteiger partial charge in [-0.25, -0.2) is 0 Å². The van der Waals surface area contributed by atoms with Crippen LogP contribution in [0.1, 0.15) is 15.9 Å². The first-order chi connectivity index (χ1) is 7.52. The lowest BCUT2D eigenvalue weighted by Gasteiger charge is -2.04. The summed E-state index contributed by atoms with van der Waals surface area (Å²) in [4.78, 5) is 21.7. The molecular weight excluding hydrogens is 391 g/mol.